The van der Waals surface area contributed by atoms with Gasteiger partial charge in [-0.3, -0.25) is 9.88 Å². The molecule has 0 amide bonds. The molecule has 1 aliphatic rings. The van der Waals surface area contributed by atoms with Gasteiger partial charge in [0.1, 0.15) is 0 Å². The van der Waals surface area contributed by atoms with Crippen LogP contribution in [0.2, 0.25) is 0 Å². The van der Waals surface area contributed by atoms with E-state index in [4.69, 9.17) is 9.47 Å². The lowest BCUT2D eigenvalue weighted by Gasteiger charge is -2.23. The monoisotopic (exact) mass is 458 g/mol. The smallest absolute Gasteiger partial charge is 0.0900 e. The number of hydrogen-bond donors (Lipinski definition) is 2. The molecule has 0 radical (unpaired) electrons. The molecule has 7 heteroatoms. The molecular weight excluding hydrogens is 412 g/mol. The number of aliphatic hydroxyl groups excluding tert-OH is 2. The molecule has 2 N–H and O–H groups in total. The summed E-state index contributed by atoms with van der Waals surface area (Å²) in [5, 5.41) is 19.3. The van der Waals surface area contributed by atoms with Gasteiger partial charge in [0.2, 0.25) is 0 Å². The highest BCUT2D eigenvalue weighted by atomic mass is 32.2. The lowest BCUT2D eigenvalue weighted by Crippen LogP contribution is -2.36. The third-order valence-electron chi connectivity index (χ3n) is 4.74. The molecule has 0 bridgehead atoms. The summed E-state index contributed by atoms with van der Waals surface area (Å²) in [5.41, 5.74) is 1.05. The van der Waals surface area contributed by atoms with Crippen LogP contribution in [0, 0.1) is 0 Å². The Labute approximate surface area is 194 Å². The van der Waals surface area contributed by atoms with E-state index in [1.165, 1.54) is 12.8 Å². The second-order valence-electron chi connectivity index (χ2n) is 7.78. The fraction of sp³-hybridized carbons (Fsp3) is 0.792. The normalized spacial score (nSPS) is 18.0. The molecule has 2 rings (SSSR count). The molecule has 1 aromatic rings. The maximum absolute atomic E-state index is 9.69. The van der Waals surface area contributed by atoms with Crippen molar-refractivity contribution in [3.8, 4) is 0 Å². The predicted octanol–water partition coefficient (Wildman–Crippen LogP) is 4.00. The summed E-state index contributed by atoms with van der Waals surface area (Å²) in [6.45, 7) is 10.7. The minimum absolute atomic E-state index is 0. The average Bonchev–Trinajstić information content (AvgIpc) is 3.14. The van der Waals surface area contributed by atoms with E-state index < -0.39 is 0 Å². The molecule has 0 aromatic carbocycles. The first kappa shape index (κ1) is 30.3. The first-order valence-corrected chi connectivity index (χ1v) is 12.5. The van der Waals surface area contributed by atoms with Crippen LogP contribution in [0.25, 0.3) is 0 Å². The van der Waals surface area contributed by atoms with Crippen molar-refractivity contribution in [1.29, 1.82) is 0 Å². The second kappa shape index (κ2) is 19.9. The van der Waals surface area contributed by atoms with Crippen LogP contribution >= 0.6 is 11.8 Å². The highest BCUT2D eigenvalue weighted by molar-refractivity contribution is 7.98. The number of aliphatic hydroxyl groups is 2. The molecule has 6 nitrogen and oxygen atoms in total. The summed E-state index contributed by atoms with van der Waals surface area (Å²) in [6.07, 6.45) is 5.64. The molecule has 182 valence electrons. The van der Waals surface area contributed by atoms with E-state index in [-0.39, 0.29) is 19.6 Å². The van der Waals surface area contributed by atoms with E-state index in [0.717, 1.165) is 50.6 Å². The van der Waals surface area contributed by atoms with Gasteiger partial charge >= 0.3 is 0 Å². The molecule has 3 unspecified atom stereocenters. The molecule has 0 spiro atoms. The number of aromatic nitrogens is 1. The molecule has 0 saturated carbocycles. The van der Waals surface area contributed by atoms with Gasteiger partial charge < -0.3 is 19.7 Å². The molecule has 0 aliphatic carbocycles. The van der Waals surface area contributed by atoms with Crippen LogP contribution in [0.3, 0.4) is 0 Å². The lowest BCUT2D eigenvalue weighted by molar-refractivity contribution is 0.0158. The van der Waals surface area contributed by atoms with Gasteiger partial charge in [0.15, 0.2) is 0 Å². The van der Waals surface area contributed by atoms with Gasteiger partial charge in [0.25, 0.3) is 0 Å². The van der Waals surface area contributed by atoms with Crippen LogP contribution in [0.1, 0.15) is 59.6 Å². The summed E-state index contributed by atoms with van der Waals surface area (Å²) < 4.78 is 10.6. The Hall–Kier alpha value is -0.700. The number of nitrogens with zero attached hydrogens (tertiary/aromatic N) is 2. The van der Waals surface area contributed by atoms with Crippen molar-refractivity contribution in [2.75, 3.05) is 45.3 Å². The van der Waals surface area contributed by atoms with E-state index in [1.54, 1.807) is 18.0 Å². The van der Waals surface area contributed by atoms with Crippen molar-refractivity contribution in [1.82, 2.24) is 9.88 Å². The molecule has 2 heterocycles. The first-order valence-electron chi connectivity index (χ1n) is 11.3. The molecular formula is C24H46N2O4S. The number of thioether (sulfide) groups is 1. The molecule has 3 atom stereocenters. The Bertz CT molecular complexity index is 510. The van der Waals surface area contributed by atoms with Gasteiger partial charge in [0.05, 0.1) is 31.1 Å². The largest absolute Gasteiger partial charge is 0.390 e. The third kappa shape index (κ3) is 15.7. The fourth-order valence-corrected chi connectivity index (χ4v) is 4.01. The summed E-state index contributed by atoms with van der Waals surface area (Å²) in [5.74, 6) is 1.53. The van der Waals surface area contributed by atoms with Crippen molar-refractivity contribution >= 4 is 11.8 Å². The topological polar surface area (TPSA) is 75.1 Å². The van der Waals surface area contributed by atoms with Crippen LogP contribution in [0.4, 0.5) is 0 Å². The van der Waals surface area contributed by atoms with Crippen LogP contribution in [0.5, 0.6) is 0 Å². The molecule has 1 aromatic heterocycles. The quantitative estimate of drug-likeness (QED) is 0.408. The van der Waals surface area contributed by atoms with Gasteiger partial charge in [-0.15, -0.1) is 0 Å². The fourth-order valence-electron chi connectivity index (χ4n) is 3.15. The average molecular weight is 459 g/mol. The standard InChI is InChI=1S/C12H19NO2S.C11H23NO2.CH4/c1-2-7-15-8-12(14)10-16-9-11-5-3-4-6-13-11;1-3-7-14-9-11(13)8-12-6-4-5-10(12)2;/h3-6,12,14H,2,7-10H2,1H3;10-11,13H,3-9H2,1-2H3;1H4. The third-order valence-corrected chi connectivity index (χ3v) is 5.86. The van der Waals surface area contributed by atoms with E-state index in [9.17, 15) is 10.2 Å². The number of hydrogen-bond acceptors (Lipinski definition) is 7. The Morgan fingerprint density at radius 1 is 1.13 bits per heavy atom. The zero-order valence-corrected chi connectivity index (χ0v) is 19.9. The summed E-state index contributed by atoms with van der Waals surface area (Å²) in [6, 6.07) is 6.51. The van der Waals surface area contributed by atoms with Crippen LogP contribution < -0.4 is 0 Å². The van der Waals surface area contributed by atoms with Gasteiger partial charge in [-0.2, -0.15) is 11.8 Å². The highest BCUT2D eigenvalue weighted by Gasteiger charge is 2.22. The number of rotatable bonds is 14. The van der Waals surface area contributed by atoms with Crippen LogP contribution in [-0.4, -0.2) is 83.6 Å². The van der Waals surface area contributed by atoms with Crippen molar-refractivity contribution < 1.29 is 19.7 Å². The van der Waals surface area contributed by atoms with Crippen molar-refractivity contribution in [3.63, 3.8) is 0 Å². The summed E-state index contributed by atoms with van der Waals surface area (Å²) >= 11 is 1.68. The minimum atomic E-state index is -0.375. The summed E-state index contributed by atoms with van der Waals surface area (Å²) in [4.78, 5) is 6.56. The number of pyridine rings is 1. The lowest BCUT2D eigenvalue weighted by atomic mass is 10.2. The van der Waals surface area contributed by atoms with Crippen molar-refractivity contribution in [2.24, 2.45) is 0 Å². The van der Waals surface area contributed by atoms with Gasteiger partial charge in [-0.1, -0.05) is 27.3 Å². The zero-order chi connectivity index (χ0) is 22.0. The maximum Gasteiger partial charge on any atom is 0.0900 e. The second-order valence-corrected chi connectivity index (χ2v) is 8.81. The first-order chi connectivity index (χ1) is 14.6. The molecule has 1 saturated heterocycles. The van der Waals surface area contributed by atoms with Crippen molar-refractivity contribution in [2.45, 2.75) is 77.9 Å². The Morgan fingerprint density at radius 3 is 2.35 bits per heavy atom. The maximum atomic E-state index is 9.69. The Balaban J connectivity index is 0.000000567. The minimum Gasteiger partial charge on any atom is -0.390 e. The molecule has 1 fully saturated rings. The van der Waals surface area contributed by atoms with E-state index in [0.29, 0.717) is 25.0 Å². The number of likely N-dealkylation sites (tertiary alicyclic amines) is 1. The molecule has 31 heavy (non-hydrogen) atoms. The van der Waals surface area contributed by atoms with E-state index >= 15 is 0 Å². The highest BCUT2D eigenvalue weighted by Crippen LogP contribution is 2.16. The molecule has 1 aliphatic heterocycles. The number of ether oxygens (including phenoxy) is 2. The van der Waals surface area contributed by atoms with Gasteiger partial charge in [-0.25, -0.2) is 0 Å². The SMILES string of the molecule is C.CCCOCC(O)CN1CCCC1C.CCCOCC(O)CSCc1ccccn1. The number of β-amino-alcohol motifs (C(OH)–C–C–N with tert-alkyl or cyclic N) is 1. The van der Waals surface area contributed by atoms with E-state index in [1.807, 2.05) is 18.2 Å². The Kier molecular flexibility index (Phi) is 19.5. The van der Waals surface area contributed by atoms with Crippen molar-refractivity contribution in [3.05, 3.63) is 30.1 Å². The summed E-state index contributed by atoms with van der Waals surface area (Å²) in [7, 11) is 0. The van der Waals surface area contributed by atoms with Crippen LogP contribution in [-0.2, 0) is 15.2 Å². The predicted molar refractivity (Wildman–Crippen MR) is 132 cm³/mol. The van der Waals surface area contributed by atoms with Crippen LogP contribution in [0.15, 0.2) is 24.4 Å². The van der Waals surface area contributed by atoms with Gasteiger partial charge in [-0.05, 0) is 51.3 Å². The van der Waals surface area contributed by atoms with E-state index in [2.05, 4.69) is 30.7 Å². The van der Waals surface area contributed by atoms with Gasteiger partial charge in [0, 0.05) is 43.5 Å². The zero-order valence-electron chi connectivity index (χ0n) is 19.0. The Morgan fingerprint density at radius 2 is 1.81 bits per heavy atom.